The molecule has 126 valence electrons. The summed E-state index contributed by atoms with van der Waals surface area (Å²) in [5.74, 6) is 0. The Bertz CT molecular complexity index is 592. The maximum atomic E-state index is 11.8. The smallest absolute Gasteiger partial charge is 0.433 e. The summed E-state index contributed by atoms with van der Waals surface area (Å²) < 4.78 is 11.7. The van der Waals surface area contributed by atoms with Crippen LogP contribution in [0.4, 0.5) is 4.79 Å². The molecule has 1 unspecified atom stereocenters. The van der Waals surface area contributed by atoms with Gasteiger partial charge in [0.15, 0.2) is 0 Å². The van der Waals surface area contributed by atoms with Gasteiger partial charge in [0.05, 0.1) is 4.32 Å². The van der Waals surface area contributed by atoms with E-state index in [1.807, 2.05) is 39.0 Å². The predicted molar refractivity (Wildman–Crippen MR) is 105 cm³/mol. The zero-order chi connectivity index (χ0) is 17.1. The summed E-state index contributed by atoms with van der Waals surface area (Å²) in [7, 11) is 0. The maximum Gasteiger partial charge on any atom is 0.508 e. The minimum atomic E-state index is -0.609. The lowest BCUT2D eigenvalue weighted by Crippen LogP contribution is -2.33. The zero-order valence-corrected chi connectivity index (χ0v) is 17.4. The van der Waals surface area contributed by atoms with E-state index in [0.717, 1.165) is 19.3 Å². The fourth-order valence-corrected chi connectivity index (χ4v) is 3.84. The van der Waals surface area contributed by atoms with Crippen molar-refractivity contribution in [3.63, 3.8) is 0 Å². The first kappa shape index (κ1) is 18.8. The van der Waals surface area contributed by atoms with Gasteiger partial charge in [0.1, 0.15) is 12.2 Å². The van der Waals surface area contributed by atoms with Crippen LogP contribution in [0.3, 0.4) is 0 Å². The van der Waals surface area contributed by atoms with Gasteiger partial charge >= 0.3 is 6.16 Å². The number of hydrogen-bond acceptors (Lipinski definition) is 3. The summed E-state index contributed by atoms with van der Waals surface area (Å²) >= 11 is 6.22. The van der Waals surface area contributed by atoms with Crippen molar-refractivity contribution in [1.82, 2.24) is 0 Å². The summed E-state index contributed by atoms with van der Waals surface area (Å²) in [4.78, 5) is 11.8. The minimum absolute atomic E-state index is 0.232. The van der Waals surface area contributed by atoms with Crippen molar-refractivity contribution < 1.29 is 14.3 Å². The fraction of sp³-hybridized carbons (Fsp3) is 0.500. The van der Waals surface area contributed by atoms with E-state index in [9.17, 15) is 4.79 Å². The molecule has 1 aliphatic carbocycles. The normalized spacial score (nSPS) is 22.0. The van der Waals surface area contributed by atoms with E-state index in [4.69, 9.17) is 9.47 Å². The first-order valence-electron chi connectivity index (χ1n) is 7.66. The minimum Gasteiger partial charge on any atom is -0.433 e. The van der Waals surface area contributed by atoms with Crippen LogP contribution in [-0.2, 0) is 9.47 Å². The lowest BCUT2D eigenvalue weighted by molar-refractivity contribution is -0.0109. The van der Waals surface area contributed by atoms with Crippen LogP contribution in [-0.4, -0.2) is 22.7 Å². The molecule has 0 heterocycles. The van der Waals surface area contributed by atoms with E-state index in [0.29, 0.717) is 6.61 Å². The van der Waals surface area contributed by atoms with Crippen LogP contribution in [0.1, 0.15) is 45.6 Å². The molecule has 0 saturated heterocycles. The molecule has 0 N–H and O–H groups in total. The molecular formula is C18H22BrIO3. The van der Waals surface area contributed by atoms with Gasteiger partial charge in [0.25, 0.3) is 0 Å². The molecule has 0 radical (unpaired) electrons. The molecule has 1 atom stereocenters. The van der Waals surface area contributed by atoms with Crippen molar-refractivity contribution in [3.8, 4) is 0 Å². The molecule has 0 fully saturated rings. The molecule has 0 amide bonds. The highest BCUT2D eigenvalue weighted by Crippen LogP contribution is 2.45. The van der Waals surface area contributed by atoms with Crippen LogP contribution in [0, 0.1) is 0 Å². The van der Waals surface area contributed by atoms with E-state index < -0.39 is 11.8 Å². The van der Waals surface area contributed by atoms with Gasteiger partial charge < -0.3 is 9.47 Å². The average molecular weight is 493 g/mol. The van der Waals surface area contributed by atoms with Crippen LogP contribution in [0.2, 0.25) is 0 Å². The van der Waals surface area contributed by atoms with Gasteiger partial charge in [-0.2, -0.15) is 0 Å². The van der Waals surface area contributed by atoms with E-state index in [1.54, 1.807) is 0 Å². The number of hydrogen-bond donors (Lipinski definition) is 0. The Morgan fingerprint density at radius 2 is 1.96 bits per heavy atom. The van der Waals surface area contributed by atoms with Gasteiger partial charge in [-0.25, -0.2) is 4.79 Å². The van der Waals surface area contributed by atoms with Crippen LogP contribution in [0.25, 0.3) is 5.57 Å². The number of allylic oxidation sites excluding steroid dienone is 2. The molecular weight excluding hydrogens is 471 g/mol. The summed E-state index contributed by atoms with van der Waals surface area (Å²) in [5.41, 5.74) is 2.02. The second kappa shape index (κ2) is 7.55. The largest absolute Gasteiger partial charge is 0.508 e. The second-order valence-electron chi connectivity index (χ2n) is 6.83. The molecule has 0 spiro atoms. The molecule has 23 heavy (non-hydrogen) atoms. The van der Waals surface area contributed by atoms with Crippen LogP contribution >= 0.6 is 38.5 Å². The fourth-order valence-electron chi connectivity index (χ4n) is 2.47. The van der Waals surface area contributed by atoms with Crippen molar-refractivity contribution in [2.75, 3.05) is 6.61 Å². The van der Waals surface area contributed by atoms with Crippen molar-refractivity contribution >= 4 is 50.2 Å². The third-order valence-corrected chi connectivity index (χ3v) is 5.67. The SMILES string of the molecule is CC(C)(C)OC(=O)OCC1(Br)CCC(I)=C(c2ccccc2)C1. The summed E-state index contributed by atoms with van der Waals surface area (Å²) in [6, 6.07) is 10.4. The highest BCUT2D eigenvalue weighted by atomic mass is 127. The zero-order valence-electron chi connectivity index (χ0n) is 13.7. The first-order valence-corrected chi connectivity index (χ1v) is 9.53. The molecule has 1 aromatic rings. The van der Waals surface area contributed by atoms with E-state index in [2.05, 4.69) is 50.7 Å². The van der Waals surface area contributed by atoms with Crippen LogP contribution < -0.4 is 0 Å². The van der Waals surface area contributed by atoms with E-state index >= 15 is 0 Å². The third-order valence-electron chi connectivity index (χ3n) is 3.57. The molecule has 2 rings (SSSR count). The van der Waals surface area contributed by atoms with Crippen molar-refractivity contribution in [2.45, 2.75) is 50.0 Å². The number of ether oxygens (including phenoxy) is 2. The summed E-state index contributed by atoms with van der Waals surface area (Å²) in [5, 5.41) is 0. The Kier molecular flexibility index (Phi) is 6.16. The molecule has 5 heteroatoms. The highest BCUT2D eigenvalue weighted by molar-refractivity contribution is 14.1. The number of benzene rings is 1. The lowest BCUT2D eigenvalue weighted by atomic mass is 9.86. The molecule has 0 bridgehead atoms. The standard InChI is InChI=1S/C18H22BrIO3/c1-17(2,3)23-16(21)22-12-18(19)10-9-15(20)14(11-18)13-7-5-4-6-8-13/h4-8H,9-12H2,1-3H3. The Hall–Kier alpha value is -0.560. The maximum absolute atomic E-state index is 11.8. The van der Waals surface area contributed by atoms with E-state index in [-0.39, 0.29) is 4.32 Å². The molecule has 3 nitrogen and oxygen atoms in total. The molecule has 1 aliphatic rings. The van der Waals surface area contributed by atoms with Gasteiger partial charge in [0.2, 0.25) is 0 Å². The quantitative estimate of drug-likeness (QED) is 0.290. The average Bonchev–Trinajstić information content (AvgIpc) is 2.47. The lowest BCUT2D eigenvalue weighted by Gasteiger charge is -2.33. The topological polar surface area (TPSA) is 35.5 Å². The van der Waals surface area contributed by atoms with Crippen molar-refractivity contribution in [1.29, 1.82) is 0 Å². The number of halogens is 2. The van der Waals surface area contributed by atoms with Gasteiger partial charge in [-0.1, -0.05) is 46.3 Å². The van der Waals surface area contributed by atoms with Crippen LogP contribution in [0.5, 0.6) is 0 Å². The Labute approximate surface area is 160 Å². The van der Waals surface area contributed by atoms with E-state index in [1.165, 1.54) is 14.7 Å². The number of carbonyl (C=O) groups is 1. The first-order chi connectivity index (χ1) is 10.7. The monoisotopic (exact) mass is 492 g/mol. The van der Waals surface area contributed by atoms with Gasteiger partial charge in [0, 0.05) is 0 Å². The summed E-state index contributed by atoms with van der Waals surface area (Å²) in [6.07, 6.45) is 2.14. The van der Waals surface area contributed by atoms with Crippen molar-refractivity contribution in [3.05, 3.63) is 39.5 Å². The van der Waals surface area contributed by atoms with Crippen molar-refractivity contribution in [2.24, 2.45) is 0 Å². The highest BCUT2D eigenvalue weighted by Gasteiger charge is 2.35. The number of alkyl halides is 1. The van der Waals surface area contributed by atoms with Crippen LogP contribution in [0.15, 0.2) is 33.9 Å². The Balaban J connectivity index is 2.02. The molecule has 0 saturated carbocycles. The molecule has 1 aromatic carbocycles. The second-order valence-corrected chi connectivity index (χ2v) is 9.81. The Morgan fingerprint density at radius 3 is 2.57 bits per heavy atom. The van der Waals surface area contributed by atoms with Gasteiger partial charge in [-0.05, 0) is 77.3 Å². The third kappa shape index (κ3) is 5.78. The summed E-state index contributed by atoms with van der Waals surface area (Å²) in [6.45, 7) is 5.80. The molecule has 0 aliphatic heterocycles. The Morgan fingerprint density at radius 1 is 1.30 bits per heavy atom. The number of rotatable bonds is 3. The van der Waals surface area contributed by atoms with Gasteiger partial charge in [-0.3, -0.25) is 0 Å². The molecule has 0 aromatic heterocycles. The van der Waals surface area contributed by atoms with Gasteiger partial charge in [-0.15, -0.1) is 0 Å². The predicted octanol–water partition coefficient (Wildman–Crippen LogP) is 6.10. The number of carbonyl (C=O) groups excluding carboxylic acids is 1.